The average molecular weight is 333 g/mol. The van der Waals surface area contributed by atoms with Gasteiger partial charge in [-0.1, -0.05) is 12.8 Å². The van der Waals surface area contributed by atoms with Crippen LogP contribution in [0.25, 0.3) is 0 Å². The normalized spacial score (nSPS) is 22.1. The van der Waals surface area contributed by atoms with Gasteiger partial charge in [0.2, 0.25) is 11.8 Å². The summed E-state index contributed by atoms with van der Waals surface area (Å²) in [5.41, 5.74) is 0. The number of likely N-dealkylation sites (tertiary alicyclic amines) is 1. The van der Waals surface area contributed by atoms with Crippen LogP contribution in [0, 0.1) is 5.92 Å². The van der Waals surface area contributed by atoms with Crippen molar-refractivity contribution in [2.45, 2.75) is 64.5 Å². The van der Waals surface area contributed by atoms with E-state index in [9.17, 15) is 9.59 Å². The van der Waals surface area contributed by atoms with Gasteiger partial charge in [-0.05, 0) is 26.2 Å². The maximum absolute atomic E-state index is 12.5. The Kier molecular flexibility index (Phi) is 5.48. The average Bonchev–Trinajstić information content (AvgIpc) is 3.26. The number of nitrogens with one attached hydrogen (secondary N) is 1. The first-order valence-corrected chi connectivity index (χ1v) is 9.13. The zero-order valence-corrected chi connectivity index (χ0v) is 14.4. The van der Waals surface area contributed by atoms with Crippen LogP contribution in [0.2, 0.25) is 0 Å². The minimum atomic E-state index is -0.0765. The van der Waals surface area contributed by atoms with E-state index >= 15 is 0 Å². The Morgan fingerprint density at radius 1 is 1.33 bits per heavy atom. The lowest BCUT2D eigenvalue weighted by atomic mass is 9.95. The van der Waals surface area contributed by atoms with Crippen molar-refractivity contribution >= 4 is 11.8 Å². The van der Waals surface area contributed by atoms with Crippen LogP contribution in [-0.2, 0) is 22.6 Å². The van der Waals surface area contributed by atoms with Crippen molar-refractivity contribution in [1.82, 2.24) is 25.0 Å². The number of piperidine rings is 1. The van der Waals surface area contributed by atoms with Crippen LogP contribution in [-0.4, -0.2) is 50.6 Å². The lowest BCUT2D eigenvalue weighted by Crippen LogP contribution is -2.49. The minimum absolute atomic E-state index is 0.0630. The van der Waals surface area contributed by atoms with Crippen molar-refractivity contribution in [3.05, 3.63) is 12.2 Å². The van der Waals surface area contributed by atoms with Gasteiger partial charge >= 0.3 is 0 Å². The smallest absolute Gasteiger partial charge is 0.224 e. The van der Waals surface area contributed by atoms with Gasteiger partial charge in [-0.25, -0.2) is 0 Å². The maximum Gasteiger partial charge on any atom is 0.224 e. The molecule has 24 heavy (non-hydrogen) atoms. The van der Waals surface area contributed by atoms with Gasteiger partial charge in [-0.15, -0.1) is 10.2 Å². The largest absolute Gasteiger partial charge is 0.355 e. The van der Waals surface area contributed by atoms with Gasteiger partial charge in [0.05, 0.1) is 5.92 Å². The molecule has 1 N–H and O–H groups in total. The molecule has 2 amide bonds. The van der Waals surface area contributed by atoms with E-state index in [0.717, 1.165) is 25.2 Å². The molecule has 1 aromatic heterocycles. The summed E-state index contributed by atoms with van der Waals surface area (Å²) in [7, 11) is 0. The van der Waals surface area contributed by atoms with Gasteiger partial charge in [-0.2, -0.15) is 0 Å². The number of carbonyl (C=O) groups excluding carboxylic acids is 2. The van der Waals surface area contributed by atoms with Crippen LogP contribution >= 0.6 is 0 Å². The summed E-state index contributed by atoms with van der Waals surface area (Å²) < 4.78 is 1.98. The molecule has 0 radical (unpaired) electrons. The highest BCUT2D eigenvalue weighted by Crippen LogP contribution is 2.28. The molecule has 1 aromatic rings. The topological polar surface area (TPSA) is 80.1 Å². The summed E-state index contributed by atoms with van der Waals surface area (Å²) in [6, 6.07) is 0.358. The number of carbonyl (C=O) groups is 2. The molecule has 2 heterocycles. The lowest BCUT2D eigenvalue weighted by molar-refractivity contribution is -0.140. The Bertz CT molecular complexity index is 579. The van der Waals surface area contributed by atoms with Crippen LogP contribution in [0.3, 0.4) is 0 Å². The second kappa shape index (κ2) is 7.77. The van der Waals surface area contributed by atoms with Crippen molar-refractivity contribution in [2.24, 2.45) is 5.92 Å². The Labute approximate surface area is 142 Å². The van der Waals surface area contributed by atoms with Crippen LogP contribution in [0.15, 0.2) is 6.33 Å². The van der Waals surface area contributed by atoms with E-state index in [4.69, 9.17) is 0 Å². The molecule has 0 spiro atoms. The minimum Gasteiger partial charge on any atom is -0.355 e. The van der Waals surface area contributed by atoms with Crippen LogP contribution in [0.4, 0.5) is 0 Å². The van der Waals surface area contributed by atoms with Gasteiger partial charge in [0.25, 0.3) is 0 Å². The predicted molar refractivity (Wildman–Crippen MR) is 89.1 cm³/mol. The Morgan fingerprint density at radius 2 is 2.12 bits per heavy atom. The molecule has 3 rings (SSSR count). The van der Waals surface area contributed by atoms with Crippen molar-refractivity contribution in [1.29, 1.82) is 0 Å². The molecule has 0 unspecified atom stereocenters. The third-order valence-corrected chi connectivity index (χ3v) is 5.26. The lowest BCUT2D eigenvalue weighted by Gasteiger charge is -2.36. The number of hydrogen-bond donors (Lipinski definition) is 1. The summed E-state index contributed by atoms with van der Waals surface area (Å²) in [6.07, 6.45) is 8.13. The van der Waals surface area contributed by atoms with E-state index in [-0.39, 0.29) is 17.7 Å². The molecule has 0 bridgehead atoms. The summed E-state index contributed by atoms with van der Waals surface area (Å²) in [5, 5.41) is 11.0. The fraction of sp³-hybridized carbons (Fsp3) is 0.765. The Morgan fingerprint density at radius 3 is 2.88 bits per heavy atom. The van der Waals surface area contributed by atoms with Crippen molar-refractivity contribution < 1.29 is 9.59 Å². The number of rotatable bonds is 6. The quantitative estimate of drug-likeness (QED) is 0.846. The van der Waals surface area contributed by atoms with Gasteiger partial charge in [0, 0.05) is 38.5 Å². The molecule has 7 heteroatoms. The Hall–Kier alpha value is -1.92. The van der Waals surface area contributed by atoms with E-state index < -0.39 is 0 Å². The monoisotopic (exact) mass is 333 g/mol. The molecule has 0 aromatic carbocycles. The van der Waals surface area contributed by atoms with Crippen molar-refractivity contribution in [2.75, 3.05) is 13.1 Å². The highest BCUT2D eigenvalue weighted by molar-refractivity contribution is 5.84. The summed E-state index contributed by atoms with van der Waals surface area (Å²) in [4.78, 5) is 26.6. The zero-order chi connectivity index (χ0) is 16.9. The van der Waals surface area contributed by atoms with Crippen LogP contribution in [0.5, 0.6) is 0 Å². The maximum atomic E-state index is 12.5. The van der Waals surface area contributed by atoms with E-state index in [1.54, 1.807) is 6.33 Å². The summed E-state index contributed by atoms with van der Waals surface area (Å²) in [6.45, 7) is 4.02. The SMILES string of the molecule is CCn1cnnc1CCNC(=O)[C@H]1CCC(=O)N(C2CCCC2)C1. The van der Waals surface area contributed by atoms with E-state index in [1.807, 2.05) is 16.4 Å². The highest BCUT2D eigenvalue weighted by atomic mass is 16.2. The molecular formula is C17H27N5O2. The summed E-state index contributed by atoms with van der Waals surface area (Å²) >= 11 is 0. The van der Waals surface area contributed by atoms with Crippen molar-refractivity contribution in [3.63, 3.8) is 0 Å². The molecule has 1 aliphatic carbocycles. The van der Waals surface area contributed by atoms with Gasteiger partial charge < -0.3 is 14.8 Å². The van der Waals surface area contributed by atoms with E-state index in [2.05, 4.69) is 15.5 Å². The number of aromatic nitrogens is 3. The molecule has 1 saturated carbocycles. The van der Waals surface area contributed by atoms with Gasteiger partial charge in [-0.3, -0.25) is 9.59 Å². The molecule has 1 atom stereocenters. The molecule has 1 aliphatic heterocycles. The molecule has 2 aliphatic rings. The second-order valence-corrected chi connectivity index (χ2v) is 6.79. The first-order chi connectivity index (χ1) is 11.7. The number of nitrogens with zero attached hydrogens (tertiary/aromatic N) is 4. The standard InChI is InChI=1S/C17H27N5O2/c1-2-21-12-19-20-15(21)9-10-18-17(24)13-7-8-16(23)22(11-13)14-5-3-4-6-14/h12-14H,2-11H2,1H3,(H,18,24)/t13-/m0/s1. The van der Waals surface area contributed by atoms with Crippen molar-refractivity contribution in [3.8, 4) is 0 Å². The van der Waals surface area contributed by atoms with E-state index in [1.165, 1.54) is 12.8 Å². The highest BCUT2D eigenvalue weighted by Gasteiger charge is 2.34. The number of amides is 2. The molecule has 7 nitrogen and oxygen atoms in total. The fourth-order valence-electron chi connectivity index (χ4n) is 3.83. The number of hydrogen-bond acceptors (Lipinski definition) is 4. The van der Waals surface area contributed by atoms with E-state index in [0.29, 0.717) is 38.4 Å². The van der Waals surface area contributed by atoms with Crippen LogP contribution < -0.4 is 5.32 Å². The third-order valence-electron chi connectivity index (χ3n) is 5.26. The second-order valence-electron chi connectivity index (χ2n) is 6.79. The molecular weight excluding hydrogens is 306 g/mol. The zero-order valence-electron chi connectivity index (χ0n) is 14.4. The van der Waals surface area contributed by atoms with Crippen LogP contribution in [0.1, 0.15) is 51.3 Å². The predicted octanol–water partition coefficient (Wildman–Crippen LogP) is 1.14. The molecule has 2 fully saturated rings. The Balaban J connectivity index is 1.48. The molecule has 132 valence electrons. The summed E-state index contributed by atoms with van der Waals surface area (Å²) in [5.74, 6) is 1.10. The fourth-order valence-corrected chi connectivity index (χ4v) is 3.83. The van der Waals surface area contributed by atoms with Gasteiger partial charge in [0.15, 0.2) is 0 Å². The molecule has 1 saturated heterocycles. The third kappa shape index (κ3) is 3.76. The van der Waals surface area contributed by atoms with Gasteiger partial charge in [0.1, 0.15) is 12.2 Å². The number of aryl methyl sites for hydroxylation is 1. The first-order valence-electron chi connectivity index (χ1n) is 9.13. The first kappa shape index (κ1) is 16.9.